The lowest BCUT2D eigenvalue weighted by Crippen LogP contribution is -2.49. The van der Waals surface area contributed by atoms with E-state index in [1.54, 1.807) is 11.3 Å². The van der Waals surface area contributed by atoms with E-state index in [4.69, 9.17) is 4.74 Å². The highest BCUT2D eigenvalue weighted by Crippen LogP contribution is 2.16. The van der Waals surface area contributed by atoms with E-state index in [1.807, 2.05) is 40.6 Å². The summed E-state index contributed by atoms with van der Waals surface area (Å²) < 4.78 is 5.86. The molecule has 1 aromatic heterocycles. The molecule has 4 nitrogen and oxygen atoms in total. The average Bonchev–Trinajstić information content (AvgIpc) is 3.10. The Morgan fingerprint density at radius 2 is 1.92 bits per heavy atom. The van der Waals surface area contributed by atoms with E-state index in [0.717, 1.165) is 43.4 Å². The average molecular weight is 344 g/mol. The van der Waals surface area contributed by atoms with Crippen molar-refractivity contribution >= 4 is 17.2 Å². The fourth-order valence-corrected chi connectivity index (χ4v) is 3.59. The number of nitrogens with zero attached hydrogens (tertiary/aromatic N) is 2. The number of thiophene rings is 1. The van der Waals surface area contributed by atoms with Crippen LogP contribution in [-0.4, -0.2) is 55.0 Å². The lowest BCUT2D eigenvalue weighted by atomic mass is 10.2. The first-order valence-electron chi connectivity index (χ1n) is 8.43. The number of para-hydroxylation sites is 1. The summed E-state index contributed by atoms with van der Waals surface area (Å²) in [6.07, 6.45) is 0.536. The van der Waals surface area contributed by atoms with Gasteiger partial charge in [-0.1, -0.05) is 24.3 Å². The van der Waals surface area contributed by atoms with Gasteiger partial charge in [0, 0.05) is 37.6 Å². The molecule has 5 heteroatoms. The van der Waals surface area contributed by atoms with Crippen molar-refractivity contribution in [1.29, 1.82) is 0 Å². The monoisotopic (exact) mass is 344 g/mol. The van der Waals surface area contributed by atoms with Crippen LogP contribution < -0.4 is 4.74 Å². The van der Waals surface area contributed by atoms with Crippen LogP contribution in [0.3, 0.4) is 0 Å². The number of ether oxygens (including phenoxy) is 1. The predicted octanol–water partition coefficient (Wildman–Crippen LogP) is 2.82. The first kappa shape index (κ1) is 17.0. The van der Waals surface area contributed by atoms with Crippen LogP contribution in [0.15, 0.2) is 41.8 Å². The highest BCUT2D eigenvalue weighted by Gasteiger charge is 2.21. The maximum atomic E-state index is 12.3. The van der Waals surface area contributed by atoms with Crippen LogP contribution in [-0.2, 0) is 11.2 Å². The molecule has 1 aliphatic heterocycles. The van der Waals surface area contributed by atoms with Crippen molar-refractivity contribution in [3.05, 3.63) is 52.2 Å². The SMILES string of the molecule is Cc1ccccc1OCCN1CCN(C(=O)Cc2cccs2)CC1. The number of rotatable bonds is 6. The fraction of sp³-hybridized carbons (Fsp3) is 0.421. The number of piperazine rings is 1. The molecule has 1 aromatic carbocycles. The zero-order chi connectivity index (χ0) is 16.8. The molecule has 0 atom stereocenters. The normalized spacial score (nSPS) is 15.5. The van der Waals surface area contributed by atoms with Crippen molar-refractivity contribution in [3.8, 4) is 5.75 Å². The summed E-state index contributed by atoms with van der Waals surface area (Å²) in [6, 6.07) is 12.1. The molecule has 1 saturated heterocycles. The van der Waals surface area contributed by atoms with Gasteiger partial charge in [-0.05, 0) is 30.0 Å². The van der Waals surface area contributed by atoms with E-state index in [2.05, 4.69) is 17.9 Å². The topological polar surface area (TPSA) is 32.8 Å². The largest absolute Gasteiger partial charge is 0.492 e. The van der Waals surface area contributed by atoms with Gasteiger partial charge in [0.15, 0.2) is 0 Å². The van der Waals surface area contributed by atoms with Crippen molar-refractivity contribution in [2.45, 2.75) is 13.3 Å². The van der Waals surface area contributed by atoms with E-state index in [1.165, 1.54) is 5.56 Å². The number of carbonyl (C=O) groups is 1. The van der Waals surface area contributed by atoms with E-state index >= 15 is 0 Å². The summed E-state index contributed by atoms with van der Waals surface area (Å²) in [5.41, 5.74) is 1.17. The third kappa shape index (κ3) is 4.58. The van der Waals surface area contributed by atoms with Gasteiger partial charge in [0.05, 0.1) is 6.42 Å². The van der Waals surface area contributed by atoms with Crippen molar-refractivity contribution in [3.63, 3.8) is 0 Å². The Morgan fingerprint density at radius 1 is 1.12 bits per heavy atom. The van der Waals surface area contributed by atoms with Crippen LogP contribution in [0, 0.1) is 6.92 Å². The summed E-state index contributed by atoms with van der Waals surface area (Å²) in [6.45, 7) is 7.13. The second-order valence-corrected chi connectivity index (χ2v) is 7.12. The minimum Gasteiger partial charge on any atom is -0.492 e. The third-order valence-electron chi connectivity index (χ3n) is 4.39. The molecular formula is C19H24N2O2S. The van der Waals surface area contributed by atoms with Gasteiger partial charge in [-0.2, -0.15) is 0 Å². The first-order valence-corrected chi connectivity index (χ1v) is 9.31. The van der Waals surface area contributed by atoms with E-state index < -0.39 is 0 Å². The molecule has 0 bridgehead atoms. The Balaban J connectivity index is 1.37. The standard InChI is InChI=1S/C19H24N2O2S/c1-16-5-2-3-7-18(16)23-13-12-20-8-10-21(11-9-20)19(22)15-17-6-4-14-24-17/h2-7,14H,8-13,15H2,1H3. The summed E-state index contributed by atoms with van der Waals surface area (Å²) in [5.74, 6) is 1.20. The first-order chi connectivity index (χ1) is 11.7. The number of benzene rings is 1. The van der Waals surface area contributed by atoms with Gasteiger partial charge in [-0.25, -0.2) is 0 Å². The maximum absolute atomic E-state index is 12.3. The zero-order valence-corrected chi connectivity index (χ0v) is 14.9. The molecule has 1 aliphatic rings. The number of aryl methyl sites for hydroxylation is 1. The number of amides is 1. The van der Waals surface area contributed by atoms with Crippen LogP contribution in [0.4, 0.5) is 0 Å². The van der Waals surface area contributed by atoms with Crippen LogP contribution in [0.5, 0.6) is 5.75 Å². The summed E-state index contributed by atoms with van der Waals surface area (Å²) in [5, 5.41) is 2.02. The van der Waals surface area contributed by atoms with Gasteiger partial charge < -0.3 is 9.64 Å². The minimum atomic E-state index is 0.244. The molecule has 0 N–H and O–H groups in total. The quantitative estimate of drug-likeness (QED) is 0.808. The van der Waals surface area contributed by atoms with Crippen molar-refractivity contribution in [2.24, 2.45) is 0 Å². The number of hydrogen-bond acceptors (Lipinski definition) is 4. The molecule has 3 rings (SSSR count). The molecule has 0 aliphatic carbocycles. The van der Waals surface area contributed by atoms with Gasteiger partial charge in [0.2, 0.25) is 5.91 Å². The van der Waals surface area contributed by atoms with Crippen LogP contribution in [0.1, 0.15) is 10.4 Å². The smallest absolute Gasteiger partial charge is 0.227 e. The van der Waals surface area contributed by atoms with Crippen molar-refractivity contribution in [2.75, 3.05) is 39.3 Å². The summed E-state index contributed by atoms with van der Waals surface area (Å²) in [4.78, 5) is 17.8. The van der Waals surface area contributed by atoms with Crippen molar-refractivity contribution < 1.29 is 9.53 Å². The van der Waals surface area contributed by atoms with Crippen LogP contribution in [0.25, 0.3) is 0 Å². The number of hydrogen-bond donors (Lipinski definition) is 0. The van der Waals surface area contributed by atoms with Gasteiger partial charge in [0.25, 0.3) is 0 Å². The van der Waals surface area contributed by atoms with Gasteiger partial charge in [0.1, 0.15) is 12.4 Å². The fourth-order valence-electron chi connectivity index (χ4n) is 2.90. The van der Waals surface area contributed by atoms with Gasteiger partial charge in [-0.3, -0.25) is 9.69 Å². The molecule has 128 valence electrons. The molecule has 0 radical (unpaired) electrons. The van der Waals surface area contributed by atoms with Gasteiger partial charge >= 0.3 is 0 Å². The van der Waals surface area contributed by atoms with E-state index in [0.29, 0.717) is 13.0 Å². The zero-order valence-electron chi connectivity index (χ0n) is 14.1. The Hall–Kier alpha value is -1.85. The summed E-state index contributed by atoms with van der Waals surface area (Å²) >= 11 is 1.65. The van der Waals surface area contributed by atoms with Gasteiger partial charge in [-0.15, -0.1) is 11.3 Å². The molecule has 1 amide bonds. The molecule has 0 spiro atoms. The molecule has 2 aromatic rings. The Morgan fingerprint density at radius 3 is 2.62 bits per heavy atom. The minimum absolute atomic E-state index is 0.244. The molecule has 24 heavy (non-hydrogen) atoms. The maximum Gasteiger partial charge on any atom is 0.227 e. The highest BCUT2D eigenvalue weighted by atomic mass is 32.1. The third-order valence-corrected chi connectivity index (χ3v) is 5.27. The second kappa shape index (κ2) is 8.31. The lowest BCUT2D eigenvalue weighted by molar-refractivity contribution is -0.132. The molecule has 2 heterocycles. The molecular weight excluding hydrogens is 320 g/mol. The van der Waals surface area contributed by atoms with E-state index in [-0.39, 0.29) is 5.91 Å². The Bertz CT molecular complexity index is 649. The molecule has 0 saturated carbocycles. The summed E-state index contributed by atoms with van der Waals surface area (Å²) in [7, 11) is 0. The van der Waals surface area contributed by atoms with E-state index in [9.17, 15) is 4.79 Å². The Labute approximate surface area is 147 Å². The molecule has 1 fully saturated rings. The van der Waals surface area contributed by atoms with Crippen molar-refractivity contribution in [1.82, 2.24) is 9.80 Å². The highest BCUT2D eigenvalue weighted by molar-refractivity contribution is 7.10. The van der Waals surface area contributed by atoms with Crippen LogP contribution in [0.2, 0.25) is 0 Å². The molecule has 0 unspecified atom stereocenters. The predicted molar refractivity (Wildman–Crippen MR) is 97.7 cm³/mol. The van der Waals surface area contributed by atoms with Crippen LogP contribution >= 0.6 is 11.3 Å². The lowest BCUT2D eigenvalue weighted by Gasteiger charge is -2.34. The Kier molecular flexibility index (Phi) is 5.88. The second-order valence-electron chi connectivity index (χ2n) is 6.09. The number of carbonyl (C=O) groups excluding carboxylic acids is 1.